The first-order valence-electron chi connectivity index (χ1n) is 7.03. The molecule has 1 aromatic rings. The van der Waals surface area contributed by atoms with Gasteiger partial charge in [0.15, 0.2) is 0 Å². The van der Waals surface area contributed by atoms with Crippen LogP contribution >= 0.6 is 0 Å². The third kappa shape index (κ3) is 4.07. The minimum Gasteiger partial charge on any atom is -0.434 e. The van der Waals surface area contributed by atoms with E-state index in [0.717, 1.165) is 0 Å². The Hall–Kier alpha value is -1.89. The van der Waals surface area contributed by atoms with E-state index in [1.807, 2.05) is 13.8 Å². The van der Waals surface area contributed by atoms with Crippen LogP contribution in [0.25, 0.3) is 0 Å². The maximum absolute atomic E-state index is 12.3. The van der Waals surface area contributed by atoms with Gasteiger partial charge >= 0.3 is 12.6 Å². The zero-order valence-corrected chi connectivity index (χ0v) is 12.9. The molecule has 1 fully saturated rings. The molecule has 122 valence electrons. The van der Waals surface area contributed by atoms with E-state index in [4.69, 9.17) is 4.74 Å². The lowest BCUT2D eigenvalue weighted by Gasteiger charge is -2.38. The van der Waals surface area contributed by atoms with Crippen LogP contribution in [0.15, 0.2) is 18.2 Å². The molecule has 0 aliphatic carbocycles. The van der Waals surface area contributed by atoms with E-state index in [1.54, 1.807) is 24.0 Å². The summed E-state index contributed by atoms with van der Waals surface area (Å²) in [7, 11) is 0. The van der Waals surface area contributed by atoms with Gasteiger partial charge in [0.2, 0.25) is 0 Å². The van der Waals surface area contributed by atoms with Crippen LogP contribution in [0.4, 0.5) is 19.3 Å². The first-order valence-corrected chi connectivity index (χ1v) is 7.03. The Morgan fingerprint density at radius 3 is 2.82 bits per heavy atom. The predicted molar refractivity (Wildman–Crippen MR) is 78.4 cm³/mol. The molecular weight excluding hydrogens is 294 g/mol. The Kier molecular flexibility index (Phi) is 4.85. The van der Waals surface area contributed by atoms with Crippen LogP contribution in [-0.4, -0.2) is 42.8 Å². The van der Waals surface area contributed by atoms with Crippen LogP contribution in [0.2, 0.25) is 0 Å². The third-order valence-corrected chi connectivity index (χ3v) is 3.45. The largest absolute Gasteiger partial charge is 0.434 e. The number of urea groups is 1. The van der Waals surface area contributed by atoms with Gasteiger partial charge in [-0.1, -0.05) is 6.07 Å². The second kappa shape index (κ2) is 6.48. The molecule has 0 saturated carbocycles. The number of nitrogens with one attached hydrogen (secondary N) is 1. The van der Waals surface area contributed by atoms with Crippen LogP contribution < -0.4 is 10.1 Å². The molecule has 0 aromatic heterocycles. The molecule has 0 unspecified atom stereocenters. The van der Waals surface area contributed by atoms with Crippen molar-refractivity contribution in [1.82, 2.24) is 4.90 Å². The molecule has 0 bridgehead atoms. The molecule has 1 aliphatic rings. The summed E-state index contributed by atoms with van der Waals surface area (Å²) in [6.45, 7) is 3.96. The van der Waals surface area contributed by atoms with Gasteiger partial charge in [-0.15, -0.1) is 0 Å². The summed E-state index contributed by atoms with van der Waals surface area (Å²) in [5, 5.41) is 2.74. The summed E-state index contributed by atoms with van der Waals surface area (Å²) < 4.78 is 34.7. The molecule has 0 radical (unpaired) electrons. The molecule has 2 amide bonds. The van der Waals surface area contributed by atoms with Gasteiger partial charge in [-0.2, -0.15) is 8.78 Å². The minimum absolute atomic E-state index is 0.0510. The van der Waals surface area contributed by atoms with Crippen molar-refractivity contribution in [1.29, 1.82) is 0 Å². The number of rotatable bonds is 3. The topological polar surface area (TPSA) is 50.8 Å². The number of nitrogens with zero attached hydrogens (tertiary/aromatic N) is 1. The lowest BCUT2D eigenvalue weighted by molar-refractivity contribution is -0.0720. The first-order chi connectivity index (χ1) is 10.3. The molecule has 1 saturated heterocycles. The molecule has 1 aromatic carbocycles. The molecule has 22 heavy (non-hydrogen) atoms. The quantitative estimate of drug-likeness (QED) is 0.932. The fourth-order valence-corrected chi connectivity index (χ4v) is 2.36. The van der Waals surface area contributed by atoms with E-state index in [-0.39, 0.29) is 11.8 Å². The van der Waals surface area contributed by atoms with Crippen molar-refractivity contribution in [3.8, 4) is 5.75 Å². The van der Waals surface area contributed by atoms with Gasteiger partial charge in [0.25, 0.3) is 0 Å². The third-order valence-electron chi connectivity index (χ3n) is 3.45. The summed E-state index contributed by atoms with van der Waals surface area (Å²) >= 11 is 0. The number of carbonyl (C=O) groups is 1. The molecular formula is C15H20F2N2O3. The fraction of sp³-hybridized carbons (Fsp3) is 0.533. The van der Waals surface area contributed by atoms with Gasteiger partial charge in [0.05, 0.1) is 18.8 Å². The molecule has 0 atom stereocenters. The van der Waals surface area contributed by atoms with Crippen molar-refractivity contribution < 1.29 is 23.0 Å². The number of anilines is 1. The summed E-state index contributed by atoms with van der Waals surface area (Å²) in [5.41, 5.74) is 0.516. The van der Waals surface area contributed by atoms with E-state index >= 15 is 0 Å². The number of amides is 2. The van der Waals surface area contributed by atoms with Crippen LogP contribution in [0.5, 0.6) is 5.75 Å². The van der Waals surface area contributed by atoms with Crippen molar-refractivity contribution in [2.75, 3.05) is 25.0 Å². The summed E-state index contributed by atoms with van der Waals surface area (Å²) in [6.07, 6.45) is 0. The number of hydrogen-bond acceptors (Lipinski definition) is 3. The number of ether oxygens (including phenoxy) is 2. The van der Waals surface area contributed by atoms with Crippen molar-refractivity contribution in [3.63, 3.8) is 0 Å². The van der Waals surface area contributed by atoms with Gasteiger partial charge in [0, 0.05) is 17.8 Å². The lowest BCUT2D eigenvalue weighted by Crippen LogP contribution is -2.51. The molecule has 7 heteroatoms. The molecule has 1 N–H and O–H groups in total. The monoisotopic (exact) mass is 314 g/mol. The van der Waals surface area contributed by atoms with Crippen molar-refractivity contribution in [2.24, 2.45) is 0 Å². The highest BCUT2D eigenvalue weighted by molar-refractivity contribution is 5.90. The normalized spacial score (nSPS) is 17.5. The zero-order chi connectivity index (χ0) is 16.3. The van der Waals surface area contributed by atoms with Crippen molar-refractivity contribution in [3.05, 3.63) is 23.8 Å². The predicted octanol–water partition coefficient (Wildman–Crippen LogP) is 3.24. The smallest absolute Gasteiger partial charge is 0.387 e. The van der Waals surface area contributed by atoms with Crippen LogP contribution in [0.3, 0.4) is 0 Å². The fourth-order valence-electron chi connectivity index (χ4n) is 2.36. The Morgan fingerprint density at radius 1 is 1.45 bits per heavy atom. The molecule has 2 rings (SSSR count). The second-order valence-corrected chi connectivity index (χ2v) is 5.77. The van der Waals surface area contributed by atoms with Gasteiger partial charge in [-0.3, -0.25) is 0 Å². The molecule has 1 heterocycles. The second-order valence-electron chi connectivity index (χ2n) is 5.77. The van der Waals surface area contributed by atoms with E-state index in [1.165, 1.54) is 6.07 Å². The number of alkyl halides is 2. The zero-order valence-electron chi connectivity index (χ0n) is 12.9. The Labute approximate surface area is 128 Å². The summed E-state index contributed by atoms with van der Waals surface area (Å²) in [4.78, 5) is 14.0. The standard InChI is InChI=1S/C15H20F2N2O3/c1-10-11(5-4-6-12(10)22-13(16)17)18-14(20)19-7-8-21-15(2,3)9-19/h4-6,13H,7-9H2,1-3H3,(H,18,20). The Morgan fingerprint density at radius 2 is 2.18 bits per heavy atom. The average molecular weight is 314 g/mol. The highest BCUT2D eigenvalue weighted by atomic mass is 19.3. The van der Waals surface area contributed by atoms with Crippen LogP contribution in [0.1, 0.15) is 19.4 Å². The summed E-state index contributed by atoms with van der Waals surface area (Å²) in [6, 6.07) is 4.36. The van der Waals surface area contributed by atoms with E-state index in [0.29, 0.717) is 30.9 Å². The van der Waals surface area contributed by atoms with Gasteiger partial charge < -0.3 is 19.7 Å². The highest BCUT2D eigenvalue weighted by Crippen LogP contribution is 2.27. The van der Waals surface area contributed by atoms with E-state index in [9.17, 15) is 13.6 Å². The van der Waals surface area contributed by atoms with Crippen LogP contribution in [0, 0.1) is 6.92 Å². The van der Waals surface area contributed by atoms with Gasteiger partial charge in [-0.25, -0.2) is 4.79 Å². The first kappa shape index (κ1) is 16.5. The maximum atomic E-state index is 12.3. The van der Waals surface area contributed by atoms with Crippen molar-refractivity contribution in [2.45, 2.75) is 33.0 Å². The number of carbonyl (C=O) groups excluding carboxylic acids is 1. The highest BCUT2D eigenvalue weighted by Gasteiger charge is 2.30. The molecule has 1 aliphatic heterocycles. The average Bonchev–Trinajstić information content (AvgIpc) is 2.41. The molecule has 0 spiro atoms. The minimum atomic E-state index is -2.90. The van der Waals surface area contributed by atoms with Gasteiger partial charge in [-0.05, 0) is 32.9 Å². The Balaban J connectivity index is 2.08. The maximum Gasteiger partial charge on any atom is 0.387 e. The molecule has 5 nitrogen and oxygen atoms in total. The lowest BCUT2D eigenvalue weighted by atomic mass is 10.1. The number of hydrogen-bond donors (Lipinski definition) is 1. The Bertz CT molecular complexity index is 550. The van der Waals surface area contributed by atoms with E-state index < -0.39 is 12.2 Å². The number of morpholine rings is 1. The van der Waals surface area contributed by atoms with E-state index in [2.05, 4.69) is 10.1 Å². The number of halogens is 2. The van der Waals surface area contributed by atoms with Crippen LogP contribution in [-0.2, 0) is 4.74 Å². The SMILES string of the molecule is Cc1c(NC(=O)N2CCOC(C)(C)C2)cccc1OC(F)F. The van der Waals surface area contributed by atoms with Crippen molar-refractivity contribution >= 4 is 11.7 Å². The number of benzene rings is 1. The summed E-state index contributed by atoms with van der Waals surface area (Å²) in [5.74, 6) is 0.0510. The van der Waals surface area contributed by atoms with Gasteiger partial charge in [0.1, 0.15) is 5.75 Å².